The van der Waals surface area contributed by atoms with Crippen LogP contribution in [0.1, 0.15) is 22.8 Å². The first kappa shape index (κ1) is 26.3. The monoisotopic (exact) mass is 495 g/mol. The summed E-state index contributed by atoms with van der Waals surface area (Å²) >= 11 is 0. The number of ether oxygens (including phenoxy) is 4. The molecular weight excluding hydrogens is 470 g/mol. The van der Waals surface area contributed by atoms with E-state index >= 15 is 0 Å². The fraction of sp³-hybridized carbons (Fsp3) is 0.286. The Hall–Kier alpha value is -4.00. The zero-order chi connectivity index (χ0) is 25.3. The smallest absolute Gasteiger partial charge is 0.407 e. The van der Waals surface area contributed by atoms with Gasteiger partial charge in [0, 0.05) is 12.1 Å². The van der Waals surface area contributed by atoms with Crippen molar-refractivity contribution in [1.29, 1.82) is 0 Å². The van der Waals surface area contributed by atoms with Crippen molar-refractivity contribution in [2.75, 3.05) is 27.4 Å². The van der Waals surface area contributed by atoms with Gasteiger partial charge in [0.1, 0.15) is 0 Å². The summed E-state index contributed by atoms with van der Waals surface area (Å²) in [4.78, 5) is 34.9. The maximum atomic E-state index is 12.7. The van der Waals surface area contributed by atoms with Crippen LogP contribution in [0.4, 0.5) is 4.79 Å². The van der Waals surface area contributed by atoms with E-state index in [1.54, 1.807) is 6.92 Å². The van der Waals surface area contributed by atoms with Crippen molar-refractivity contribution >= 4 is 27.9 Å². The molecule has 2 aromatic rings. The number of hydrogen-bond donors (Lipinski definition) is 3. The number of carbonyl (C=O) groups is 3. The Kier molecular flexibility index (Phi) is 9.07. The summed E-state index contributed by atoms with van der Waals surface area (Å²) in [6, 6.07) is 8.02. The molecular formula is C21H25N3O9S. The minimum atomic E-state index is -4.22. The number of nitrogens with one attached hydrogen (secondary N) is 2. The van der Waals surface area contributed by atoms with Gasteiger partial charge in [0.05, 0.1) is 25.7 Å². The maximum absolute atomic E-state index is 12.7. The molecule has 0 unspecified atom stereocenters. The molecule has 0 saturated heterocycles. The highest BCUT2D eigenvalue weighted by Gasteiger charge is 2.23. The van der Waals surface area contributed by atoms with E-state index in [9.17, 15) is 22.8 Å². The highest BCUT2D eigenvalue weighted by molar-refractivity contribution is 7.90. The van der Waals surface area contributed by atoms with E-state index in [0.29, 0.717) is 5.56 Å². The Bertz CT molecular complexity index is 1120. The summed E-state index contributed by atoms with van der Waals surface area (Å²) in [6.07, 6.45) is -0.594. The zero-order valence-electron chi connectivity index (χ0n) is 18.7. The molecule has 0 bridgehead atoms. The molecule has 34 heavy (non-hydrogen) atoms. The molecule has 3 amide bonds. The van der Waals surface area contributed by atoms with Crippen LogP contribution in [0, 0.1) is 0 Å². The first-order valence-electron chi connectivity index (χ1n) is 9.85. The topological polar surface area (TPSA) is 172 Å². The third-order valence-electron chi connectivity index (χ3n) is 4.25. The first-order chi connectivity index (χ1) is 16.1. The number of carbonyl (C=O) groups excluding carboxylic acids is 3. The third-order valence-corrected chi connectivity index (χ3v) is 5.60. The lowest BCUT2D eigenvalue weighted by Crippen LogP contribution is -2.30. The number of sulfonamides is 1. The summed E-state index contributed by atoms with van der Waals surface area (Å²) in [5.74, 6) is -1.61. The molecule has 0 heterocycles. The molecule has 0 aromatic heterocycles. The summed E-state index contributed by atoms with van der Waals surface area (Å²) in [6.45, 7) is 1.57. The Morgan fingerprint density at radius 1 is 1.00 bits per heavy atom. The quantitative estimate of drug-likeness (QED) is 0.410. The van der Waals surface area contributed by atoms with Crippen LogP contribution < -0.4 is 30.0 Å². The number of amides is 3. The largest absolute Gasteiger partial charge is 0.493 e. The van der Waals surface area contributed by atoms with Crippen molar-refractivity contribution in [2.45, 2.75) is 18.4 Å². The van der Waals surface area contributed by atoms with Gasteiger partial charge < -0.3 is 30.0 Å². The minimum Gasteiger partial charge on any atom is -0.493 e. The van der Waals surface area contributed by atoms with Gasteiger partial charge in [-0.15, -0.1) is 0 Å². The van der Waals surface area contributed by atoms with Gasteiger partial charge in [-0.3, -0.25) is 9.59 Å². The van der Waals surface area contributed by atoms with Crippen LogP contribution in [0.2, 0.25) is 0 Å². The lowest BCUT2D eigenvalue weighted by molar-refractivity contribution is -0.120. The molecule has 0 radical (unpaired) electrons. The molecule has 12 nitrogen and oxygen atoms in total. The number of hydrogen-bond acceptors (Lipinski definition) is 9. The van der Waals surface area contributed by atoms with E-state index in [-0.39, 0.29) is 40.9 Å². The maximum Gasteiger partial charge on any atom is 0.407 e. The number of primary amides is 1. The van der Waals surface area contributed by atoms with Gasteiger partial charge in [-0.2, -0.15) is 0 Å². The summed E-state index contributed by atoms with van der Waals surface area (Å²) in [5, 5.41) is 2.51. The van der Waals surface area contributed by atoms with Gasteiger partial charge >= 0.3 is 6.09 Å². The van der Waals surface area contributed by atoms with E-state index in [0.717, 1.165) is 0 Å². The third kappa shape index (κ3) is 7.00. The van der Waals surface area contributed by atoms with E-state index in [1.165, 1.54) is 50.6 Å². The van der Waals surface area contributed by atoms with E-state index < -0.39 is 34.5 Å². The van der Waals surface area contributed by atoms with Crippen molar-refractivity contribution < 1.29 is 41.7 Å². The lowest BCUT2D eigenvalue weighted by atomic mass is 10.1. The molecule has 0 fully saturated rings. The van der Waals surface area contributed by atoms with Gasteiger partial charge in [0.2, 0.25) is 5.75 Å². The lowest BCUT2D eigenvalue weighted by Gasteiger charge is -2.15. The number of benzene rings is 2. The summed E-state index contributed by atoms with van der Waals surface area (Å²) < 4.78 is 47.7. The average molecular weight is 496 g/mol. The van der Waals surface area contributed by atoms with Gasteiger partial charge in [-0.1, -0.05) is 12.1 Å². The summed E-state index contributed by atoms with van der Waals surface area (Å²) in [7, 11) is -1.63. The number of nitrogens with two attached hydrogens (primary N) is 1. The zero-order valence-corrected chi connectivity index (χ0v) is 19.6. The Balaban J connectivity index is 2.19. The molecule has 4 N–H and O–H groups in total. The predicted octanol–water partition coefficient (Wildman–Crippen LogP) is 0.933. The van der Waals surface area contributed by atoms with E-state index in [2.05, 4.69) is 5.32 Å². The molecule has 0 atom stereocenters. The number of alkyl carbamates (subject to hydrolysis) is 1. The second-order valence-electron chi connectivity index (χ2n) is 6.62. The molecule has 0 saturated carbocycles. The van der Waals surface area contributed by atoms with Crippen molar-refractivity contribution in [1.82, 2.24) is 10.0 Å². The number of methoxy groups -OCH3 is 2. The Morgan fingerprint density at radius 2 is 1.59 bits per heavy atom. The van der Waals surface area contributed by atoms with Crippen molar-refractivity contribution in [3.63, 3.8) is 0 Å². The molecule has 0 aliphatic rings. The van der Waals surface area contributed by atoms with E-state index in [1.807, 2.05) is 4.72 Å². The van der Waals surface area contributed by atoms with Crippen LogP contribution in [0.3, 0.4) is 0 Å². The van der Waals surface area contributed by atoms with Gasteiger partial charge in [0.25, 0.3) is 21.8 Å². The summed E-state index contributed by atoms with van der Waals surface area (Å²) in [5.41, 5.74) is 5.60. The SMILES string of the molecule is CCOC(=O)NCc1ccc(S(=O)(=O)NC(=O)c2cc(OC)c(OCC(N)=O)c(OC)c2)cc1. The average Bonchev–Trinajstić information content (AvgIpc) is 2.80. The highest BCUT2D eigenvalue weighted by Crippen LogP contribution is 2.38. The van der Waals surface area contributed by atoms with Crippen LogP contribution in [0.15, 0.2) is 41.3 Å². The fourth-order valence-corrected chi connectivity index (χ4v) is 3.65. The van der Waals surface area contributed by atoms with Crippen LogP contribution >= 0.6 is 0 Å². The van der Waals surface area contributed by atoms with Crippen LogP contribution in [0.25, 0.3) is 0 Å². The van der Waals surface area contributed by atoms with Crippen molar-refractivity contribution in [3.8, 4) is 17.2 Å². The second kappa shape index (κ2) is 11.7. The molecule has 13 heteroatoms. The standard InChI is InChI=1S/C21H25N3O9S/c1-4-32-21(27)23-11-13-5-7-15(8-6-13)34(28,29)24-20(26)14-9-16(30-2)19(17(10-14)31-3)33-12-18(22)25/h5-10H,4,11-12H2,1-3H3,(H2,22,25)(H,23,27)(H,24,26). The van der Waals surface area contributed by atoms with Crippen molar-refractivity contribution in [3.05, 3.63) is 47.5 Å². The van der Waals surface area contributed by atoms with Crippen LogP contribution in [-0.4, -0.2) is 53.8 Å². The van der Waals surface area contributed by atoms with Gasteiger partial charge in [-0.05, 0) is 36.8 Å². The minimum absolute atomic E-state index is 0.0234. The molecule has 0 aliphatic heterocycles. The van der Waals surface area contributed by atoms with Gasteiger partial charge in [-0.25, -0.2) is 17.9 Å². The number of rotatable bonds is 11. The molecule has 184 valence electrons. The van der Waals surface area contributed by atoms with Crippen LogP contribution in [-0.2, 0) is 26.1 Å². The van der Waals surface area contributed by atoms with E-state index in [4.69, 9.17) is 24.7 Å². The van der Waals surface area contributed by atoms with Gasteiger partial charge in [0.15, 0.2) is 18.1 Å². The predicted molar refractivity (Wildman–Crippen MR) is 119 cm³/mol. The fourth-order valence-electron chi connectivity index (χ4n) is 2.68. The molecule has 2 rings (SSSR count). The molecule has 0 aliphatic carbocycles. The molecule has 0 spiro atoms. The van der Waals surface area contributed by atoms with Crippen LogP contribution in [0.5, 0.6) is 17.2 Å². The Labute approximate surface area is 196 Å². The molecule has 2 aromatic carbocycles. The Morgan fingerprint density at radius 3 is 2.09 bits per heavy atom. The second-order valence-corrected chi connectivity index (χ2v) is 8.30. The van der Waals surface area contributed by atoms with Crippen molar-refractivity contribution in [2.24, 2.45) is 5.73 Å². The highest BCUT2D eigenvalue weighted by atomic mass is 32.2. The first-order valence-corrected chi connectivity index (χ1v) is 11.3. The normalized spacial score (nSPS) is 10.7.